The molecule has 152 valence electrons. The van der Waals surface area contributed by atoms with Crippen LogP contribution in [0.1, 0.15) is 38.1 Å². The van der Waals surface area contributed by atoms with E-state index in [9.17, 15) is 14.9 Å². The second-order valence-electron chi connectivity index (χ2n) is 7.52. The minimum atomic E-state index is -0.618. The first-order valence-electron chi connectivity index (χ1n) is 9.81. The number of anilines is 1. The maximum atomic E-state index is 12.9. The molecule has 0 radical (unpaired) electrons. The second-order valence-corrected chi connectivity index (χ2v) is 8.63. The quantitative estimate of drug-likeness (QED) is 0.491. The molecule has 0 bridgehead atoms. The van der Waals surface area contributed by atoms with Crippen LogP contribution in [-0.4, -0.2) is 22.3 Å². The minimum absolute atomic E-state index is 0.00546. The Morgan fingerprint density at radius 1 is 1.10 bits per heavy atom. The first-order chi connectivity index (χ1) is 14.6. The number of rotatable bonds is 4. The average Bonchev–Trinajstić information content (AvgIpc) is 3.12. The van der Waals surface area contributed by atoms with E-state index in [-0.39, 0.29) is 11.6 Å². The van der Waals surface area contributed by atoms with Crippen LogP contribution in [0.2, 0.25) is 0 Å². The zero-order valence-corrected chi connectivity index (χ0v) is 16.9. The lowest BCUT2D eigenvalue weighted by Gasteiger charge is -2.28. The highest BCUT2D eigenvalue weighted by atomic mass is 32.1. The molecule has 0 aliphatic carbocycles. The molecule has 2 N–H and O–H groups in total. The number of fused-ring (bicyclic) bond motifs is 3. The predicted molar refractivity (Wildman–Crippen MR) is 116 cm³/mol. The molecule has 0 saturated carbocycles. The number of carbonyl (C=O) groups excluding carboxylic acids is 1. The van der Waals surface area contributed by atoms with E-state index < -0.39 is 11.1 Å². The Balaban J connectivity index is 1.41. The number of nitrogens with zero attached hydrogens (tertiary/aromatic N) is 2. The molecule has 0 spiro atoms. The van der Waals surface area contributed by atoms with Gasteiger partial charge in [0.05, 0.1) is 16.1 Å². The summed E-state index contributed by atoms with van der Waals surface area (Å²) in [7, 11) is 0. The van der Waals surface area contributed by atoms with Crippen molar-refractivity contribution in [1.82, 2.24) is 10.2 Å². The SMILES string of the molecule is O=C1N[C@@H](c2ccccc2[N+](=O)[O-])Nc2sc3c(c21)CCN(Cc1ccccc1)C3. The fourth-order valence-electron chi connectivity index (χ4n) is 4.20. The van der Waals surface area contributed by atoms with Crippen molar-refractivity contribution >= 4 is 27.9 Å². The highest BCUT2D eigenvalue weighted by Gasteiger charge is 2.35. The molecular formula is C22H20N4O3S. The molecule has 0 fully saturated rings. The minimum Gasteiger partial charge on any atom is -0.352 e. The zero-order valence-electron chi connectivity index (χ0n) is 16.1. The second kappa shape index (κ2) is 7.55. The van der Waals surface area contributed by atoms with Crippen molar-refractivity contribution < 1.29 is 9.72 Å². The maximum absolute atomic E-state index is 12.9. The fraction of sp³-hybridized carbons (Fsp3) is 0.227. The van der Waals surface area contributed by atoms with E-state index in [1.807, 2.05) is 18.2 Å². The number of hydrogen-bond donors (Lipinski definition) is 2. The summed E-state index contributed by atoms with van der Waals surface area (Å²) in [5.41, 5.74) is 3.52. The van der Waals surface area contributed by atoms with E-state index >= 15 is 0 Å². The number of carbonyl (C=O) groups is 1. The molecule has 0 saturated heterocycles. The number of nitrogens with one attached hydrogen (secondary N) is 2. The Hall–Kier alpha value is -3.23. The van der Waals surface area contributed by atoms with Gasteiger partial charge in [-0.2, -0.15) is 0 Å². The van der Waals surface area contributed by atoms with E-state index in [2.05, 4.69) is 27.7 Å². The zero-order chi connectivity index (χ0) is 20.7. The third kappa shape index (κ3) is 3.34. The topological polar surface area (TPSA) is 87.5 Å². The van der Waals surface area contributed by atoms with Crippen molar-refractivity contribution in [1.29, 1.82) is 0 Å². The van der Waals surface area contributed by atoms with Crippen LogP contribution in [0.4, 0.5) is 10.7 Å². The van der Waals surface area contributed by atoms with Crippen molar-refractivity contribution in [3.05, 3.63) is 91.8 Å². The first kappa shape index (κ1) is 18.8. The normalized spacial score (nSPS) is 18.1. The van der Waals surface area contributed by atoms with E-state index in [0.29, 0.717) is 11.1 Å². The number of nitro groups is 1. The van der Waals surface area contributed by atoms with Crippen molar-refractivity contribution in [2.45, 2.75) is 25.7 Å². The summed E-state index contributed by atoms with van der Waals surface area (Å²) in [6.45, 7) is 2.57. The van der Waals surface area contributed by atoms with Gasteiger partial charge in [0.15, 0.2) is 0 Å². The van der Waals surface area contributed by atoms with Crippen molar-refractivity contribution in [3.8, 4) is 0 Å². The molecule has 1 amide bonds. The highest BCUT2D eigenvalue weighted by Crippen LogP contribution is 2.41. The molecule has 7 nitrogen and oxygen atoms in total. The maximum Gasteiger partial charge on any atom is 0.276 e. The van der Waals surface area contributed by atoms with Gasteiger partial charge in [-0.1, -0.05) is 42.5 Å². The van der Waals surface area contributed by atoms with Crippen molar-refractivity contribution in [2.24, 2.45) is 0 Å². The molecule has 1 aromatic heterocycles. The molecule has 1 atom stereocenters. The Morgan fingerprint density at radius 3 is 2.67 bits per heavy atom. The summed E-state index contributed by atoms with van der Waals surface area (Å²) in [6, 6.07) is 16.9. The molecule has 2 aliphatic heterocycles. The number of nitro benzene ring substituents is 1. The van der Waals surface area contributed by atoms with E-state index in [0.717, 1.165) is 36.6 Å². The lowest BCUT2D eigenvalue weighted by Crippen LogP contribution is -2.39. The fourth-order valence-corrected chi connectivity index (χ4v) is 5.51. The number of benzene rings is 2. The third-order valence-corrected chi connectivity index (χ3v) is 6.76. The summed E-state index contributed by atoms with van der Waals surface area (Å²) in [5, 5.41) is 18.4. The predicted octanol–water partition coefficient (Wildman–Crippen LogP) is 4.07. The average molecular weight is 420 g/mol. The van der Waals surface area contributed by atoms with Crippen LogP contribution in [0.5, 0.6) is 0 Å². The first-order valence-corrected chi connectivity index (χ1v) is 10.6. The Kier molecular flexibility index (Phi) is 4.72. The van der Waals surface area contributed by atoms with Gasteiger partial charge in [0.25, 0.3) is 11.6 Å². The monoisotopic (exact) mass is 420 g/mol. The van der Waals surface area contributed by atoms with Gasteiger partial charge in [0.1, 0.15) is 11.2 Å². The Bertz CT molecular complexity index is 1130. The van der Waals surface area contributed by atoms with Gasteiger partial charge >= 0.3 is 0 Å². The molecule has 3 aromatic rings. The van der Waals surface area contributed by atoms with Crippen LogP contribution < -0.4 is 10.6 Å². The summed E-state index contributed by atoms with van der Waals surface area (Å²) in [4.78, 5) is 27.5. The molecule has 30 heavy (non-hydrogen) atoms. The molecule has 2 aromatic carbocycles. The third-order valence-electron chi connectivity index (χ3n) is 5.61. The molecule has 8 heteroatoms. The highest BCUT2D eigenvalue weighted by molar-refractivity contribution is 7.16. The van der Waals surface area contributed by atoms with E-state index in [1.54, 1.807) is 29.5 Å². The standard InChI is InChI=1S/C22H20N4O3S/c27-21-19-16-10-11-25(12-14-6-2-1-3-7-14)13-18(16)30-22(19)24-20(23-21)15-8-4-5-9-17(15)26(28)29/h1-9,20,24H,10-13H2,(H,23,27)/t20-/m1/s1. The van der Waals surface area contributed by atoms with Gasteiger partial charge in [0.2, 0.25) is 0 Å². The number of amides is 1. The van der Waals surface area contributed by atoms with Crippen LogP contribution in [0, 0.1) is 10.1 Å². The summed E-state index contributed by atoms with van der Waals surface area (Å²) < 4.78 is 0. The molecule has 3 heterocycles. The Morgan fingerprint density at radius 2 is 1.87 bits per heavy atom. The van der Waals surface area contributed by atoms with Gasteiger partial charge in [-0.3, -0.25) is 19.8 Å². The molecule has 2 aliphatic rings. The summed E-state index contributed by atoms with van der Waals surface area (Å²) in [6.07, 6.45) is 0.200. The Labute approximate surface area is 177 Å². The van der Waals surface area contributed by atoms with Crippen molar-refractivity contribution in [2.75, 3.05) is 11.9 Å². The summed E-state index contributed by atoms with van der Waals surface area (Å²) in [5.74, 6) is -0.166. The van der Waals surface area contributed by atoms with E-state index in [4.69, 9.17) is 0 Å². The van der Waals surface area contributed by atoms with Gasteiger partial charge < -0.3 is 10.6 Å². The lowest BCUT2D eigenvalue weighted by atomic mass is 9.99. The van der Waals surface area contributed by atoms with Crippen LogP contribution in [0.25, 0.3) is 0 Å². The number of thiophene rings is 1. The van der Waals surface area contributed by atoms with Crippen LogP contribution in [0.15, 0.2) is 54.6 Å². The molecule has 5 rings (SSSR count). The smallest absolute Gasteiger partial charge is 0.276 e. The number of para-hydroxylation sites is 1. The van der Waals surface area contributed by atoms with Crippen LogP contribution in [-0.2, 0) is 19.5 Å². The van der Waals surface area contributed by atoms with Gasteiger partial charge in [-0.15, -0.1) is 11.3 Å². The van der Waals surface area contributed by atoms with Gasteiger partial charge in [-0.25, -0.2) is 0 Å². The number of hydrogen-bond acceptors (Lipinski definition) is 6. The largest absolute Gasteiger partial charge is 0.352 e. The lowest BCUT2D eigenvalue weighted by molar-refractivity contribution is -0.385. The molecule has 0 unspecified atom stereocenters. The molecular weight excluding hydrogens is 400 g/mol. The van der Waals surface area contributed by atoms with Crippen molar-refractivity contribution in [3.63, 3.8) is 0 Å². The van der Waals surface area contributed by atoms with E-state index in [1.165, 1.54) is 16.5 Å². The van der Waals surface area contributed by atoms with Gasteiger partial charge in [-0.05, 0) is 23.6 Å². The van der Waals surface area contributed by atoms with Gasteiger partial charge in [0, 0.05) is 30.6 Å². The van der Waals surface area contributed by atoms with Crippen LogP contribution in [0.3, 0.4) is 0 Å². The summed E-state index contributed by atoms with van der Waals surface area (Å²) >= 11 is 1.59. The van der Waals surface area contributed by atoms with Crippen LogP contribution >= 0.6 is 11.3 Å².